The second kappa shape index (κ2) is 28.6. The Morgan fingerprint density at radius 1 is 0.880 bits per heavy atom. The second-order valence-electron chi connectivity index (χ2n) is 24.7. The van der Waals surface area contributed by atoms with Gasteiger partial charge < -0.3 is 73.5 Å². The summed E-state index contributed by atoms with van der Waals surface area (Å²) in [5.74, 6) is -12.4. The number of ether oxygens (including phenoxy) is 5. The summed E-state index contributed by atoms with van der Waals surface area (Å²) >= 11 is 0. The number of carbonyl (C=O) groups is 6. The van der Waals surface area contributed by atoms with Gasteiger partial charge >= 0.3 is 31.3 Å². The van der Waals surface area contributed by atoms with E-state index in [0.29, 0.717) is 35.8 Å². The van der Waals surface area contributed by atoms with Gasteiger partial charge in [0.2, 0.25) is 16.8 Å². The summed E-state index contributed by atoms with van der Waals surface area (Å²) in [5.41, 5.74) is -1.16. The zero-order valence-electron chi connectivity index (χ0n) is 53.2. The van der Waals surface area contributed by atoms with E-state index in [-0.39, 0.29) is 74.4 Å². The number of aldehydes is 1. The van der Waals surface area contributed by atoms with Crippen LogP contribution in [0.2, 0.25) is 0 Å². The number of hydrogen-bond donors (Lipinski definition) is 7. The lowest BCUT2D eigenvalue weighted by Gasteiger charge is -2.38. The summed E-state index contributed by atoms with van der Waals surface area (Å²) in [7, 11) is -4.99. The Kier molecular flexibility index (Phi) is 21.6. The fraction of sp³-hybridized carbons (Fsp3) is 0.470. The van der Waals surface area contributed by atoms with Crippen molar-refractivity contribution >= 4 is 93.7 Å². The van der Waals surface area contributed by atoms with Crippen LogP contribution in [0.15, 0.2) is 86.5 Å². The van der Waals surface area contributed by atoms with E-state index in [9.17, 15) is 63.2 Å². The number of nitrogens with one attached hydrogen (secondary N) is 2. The third-order valence-corrected chi connectivity index (χ3v) is 18.3. The molecule has 1 aromatic heterocycles. The number of anilines is 2. The van der Waals surface area contributed by atoms with Crippen LogP contribution in [0.3, 0.4) is 0 Å². The smallest absolute Gasteiger partial charge is 0.355 e. The first kappa shape index (κ1) is 69.4. The predicted octanol–water partition coefficient (Wildman–Crippen LogP) is 6.40. The van der Waals surface area contributed by atoms with E-state index < -0.39 is 138 Å². The van der Waals surface area contributed by atoms with Crippen molar-refractivity contribution < 1.29 is 86.5 Å². The lowest BCUT2D eigenvalue weighted by Crippen LogP contribution is -2.47. The molecule has 1 saturated heterocycles. The third-order valence-electron chi connectivity index (χ3n) is 17.4. The fourth-order valence-corrected chi connectivity index (χ4v) is 12.4. The van der Waals surface area contributed by atoms with Crippen molar-refractivity contribution in [3.05, 3.63) is 115 Å². The first-order valence-corrected chi connectivity index (χ1v) is 32.1. The second-order valence-corrected chi connectivity index (χ2v) is 26.4. The average Bonchev–Trinajstić information content (AvgIpc) is 1.35. The Balaban J connectivity index is 1.17. The van der Waals surface area contributed by atoms with Crippen LogP contribution < -0.4 is 36.3 Å². The molecule has 9 rings (SSSR count). The minimum atomic E-state index is -4.99. The Bertz CT molecular complexity index is 4040. The van der Waals surface area contributed by atoms with Crippen LogP contribution in [0.25, 0.3) is 38.7 Å². The molecule has 2 amide bonds. The van der Waals surface area contributed by atoms with Crippen molar-refractivity contribution in [2.45, 2.75) is 132 Å². The first-order valence-electron chi connectivity index (χ1n) is 30.5. The monoisotopic (exact) mass is 1290 g/mol. The molecule has 494 valence electrons. The van der Waals surface area contributed by atoms with Gasteiger partial charge in [-0.15, -0.1) is 0 Å². The number of nitrogens with zero attached hydrogens (tertiary/aromatic N) is 3. The van der Waals surface area contributed by atoms with E-state index in [1.165, 1.54) is 52.2 Å². The lowest BCUT2D eigenvalue weighted by atomic mass is 9.77. The number of allylic oxidation sites excluding steroid dienone is 3. The number of piperazine rings is 1. The molecule has 25 nitrogen and oxygen atoms in total. The number of benzene rings is 4. The average molecular weight is 1290 g/mol. The lowest BCUT2D eigenvalue weighted by molar-refractivity contribution is -0.163. The number of phenolic OH excluding ortho intramolecular Hbond substituents is 1. The van der Waals surface area contributed by atoms with Gasteiger partial charge in [-0.05, 0) is 48.8 Å². The van der Waals surface area contributed by atoms with Crippen molar-refractivity contribution in [3.63, 3.8) is 0 Å². The molecule has 4 aromatic carbocycles. The standard InChI is InChI=1S/C66H80N5O20P/c1-33(2)30-70-22-24-71(25-23-70)44-28-45(74)54-46(29-44)89-63-55(68-54)51-52-58(79)40(9)62-53(51)64(81)66(11,91-62)87-26-21-34(3)37(6)61(88-41(10)73)39(8)57(78)38(7)60(35(4)15-14-16-36(5)65(82)69-56(63)59(52)80)90-50(77)27-42-17-12-13-18-43(42)32-86-49(76)20-19-47(75)67-48(31-72)92(83,84)85/h12-18,21,26,28-29,31,33-35,37-39,48,57,60-61,78-79,81H,19-20,22-25,27,30,32H2,1-11H3,(H,67,75)(H,69,82)(H2,83,84,85)/b15-14+,26-21+,36-16-/t34-,35-,37+,38-,39+,48?,57+,60-,61+,66-/m0/s1. The molecule has 1 fully saturated rings. The van der Waals surface area contributed by atoms with Gasteiger partial charge in [0.25, 0.3) is 5.91 Å². The van der Waals surface area contributed by atoms with Gasteiger partial charge in [-0.2, -0.15) is 0 Å². The SMILES string of the molecule is CC(=O)O[C@H]1[C@H](C)[C@H](O)[C@H](C)[C@@H](OC(=O)Cc2ccccc2COC(=O)CCC(=O)NC(C=O)P(=O)(O)O)[C@@H](C)/C=C/C=C(/C)C(=O)Nc2c(=O)c3c(O)c(C)c4c(c3c3nc5c(=O)cc(N6CCN(CC(C)C)CC6)cc5oc23)=C(O)[C@@](C)(O/C=C/[C@H](C)[C@H]1C)O4. The van der Waals surface area contributed by atoms with Crippen molar-refractivity contribution in [1.29, 1.82) is 0 Å². The number of esters is 3. The Morgan fingerprint density at radius 3 is 2.21 bits per heavy atom. The Labute approximate surface area is 530 Å². The summed E-state index contributed by atoms with van der Waals surface area (Å²) in [4.78, 5) is 135. The first-order chi connectivity index (χ1) is 43.3. The van der Waals surface area contributed by atoms with Crippen LogP contribution >= 0.6 is 7.60 Å². The van der Waals surface area contributed by atoms with Gasteiger partial charge in [-0.25, -0.2) is 4.98 Å². The van der Waals surface area contributed by atoms with Crippen molar-refractivity contribution in [3.8, 4) is 11.5 Å². The molecule has 5 bridgehead atoms. The summed E-state index contributed by atoms with van der Waals surface area (Å²) in [6.45, 7) is 21.8. The molecule has 0 radical (unpaired) electrons. The predicted molar refractivity (Wildman–Crippen MR) is 340 cm³/mol. The number of aromatic nitrogens is 1. The van der Waals surface area contributed by atoms with Crippen molar-refractivity contribution in [2.75, 3.05) is 42.9 Å². The highest BCUT2D eigenvalue weighted by molar-refractivity contribution is 7.53. The third kappa shape index (κ3) is 15.2. The summed E-state index contributed by atoms with van der Waals surface area (Å²) in [6, 6.07) is 9.57. The van der Waals surface area contributed by atoms with Gasteiger partial charge in [-0.3, -0.25) is 43.0 Å². The van der Waals surface area contributed by atoms with Crippen LogP contribution in [0.5, 0.6) is 11.5 Å². The van der Waals surface area contributed by atoms with Crippen molar-refractivity contribution in [2.24, 2.45) is 35.5 Å². The molecular weight excluding hydrogens is 1210 g/mol. The summed E-state index contributed by atoms with van der Waals surface area (Å²) in [5, 5.41) is 40.7. The molecule has 7 N–H and O–H groups in total. The maximum absolute atomic E-state index is 15.2. The highest BCUT2D eigenvalue weighted by atomic mass is 31.2. The molecule has 5 heterocycles. The number of aromatic hydroxyl groups is 1. The number of phenols is 1. The zero-order valence-corrected chi connectivity index (χ0v) is 54.1. The minimum absolute atomic E-state index is 0.0146. The topological polar surface area (TPSA) is 358 Å². The van der Waals surface area contributed by atoms with E-state index >= 15 is 4.79 Å². The maximum Gasteiger partial charge on any atom is 0.355 e. The van der Waals surface area contributed by atoms with Gasteiger partial charge in [0.15, 0.2) is 34.5 Å². The van der Waals surface area contributed by atoms with E-state index in [0.717, 1.165) is 19.6 Å². The largest absolute Gasteiger partial charge is 0.507 e. The molecule has 10 atom stereocenters. The van der Waals surface area contributed by atoms with Gasteiger partial charge in [0, 0.05) is 105 Å². The molecule has 0 aliphatic carbocycles. The minimum Gasteiger partial charge on any atom is -0.507 e. The van der Waals surface area contributed by atoms with Crippen molar-refractivity contribution in [1.82, 2.24) is 15.2 Å². The Morgan fingerprint density at radius 2 is 1.55 bits per heavy atom. The molecule has 4 aliphatic rings. The number of hydrogen-bond acceptors (Lipinski definition) is 21. The van der Waals surface area contributed by atoms with Crippen LogP contribution in [-0.4, -0.2) is 134 Å². The quantitative estimate of drug-likeness (QED) is 0.0149. The molecule has 1 unspecified atom stereocenters. The Hall–Kier alpha value is -8.48. The van der Waals surface area contributed by atoms with E-state index in [1.807, 2.05) is 12.2 Å². The van der Waals surface area contributed by atoms with Gasteiger partial charge in [0.05, 0.1) is 35.8 Å². The highest BCUT2D eigenvalue weighted by Gasteiger charge is 2.45. The van der Waals surface area contributed by atoms with Crippen LogP contribution in [0.1, 0.15) is 98.8 Å². The number of rotatable bonds is 15. The van der Waals surface area contributed by atoms with Gasteiger partial charge in [-0.1, -0.05) is 91.0 Å². The molecule has 5 aromatic rings. The summed E-state index contributed by atoms with van der Waals surface area (Å²) in [6.07, 6.45) is 2.53. The normalized spacial score (nSPS) is 25.1. The van der Waals surface area contributed by atoms with Crippen LogP contribution in [-0.2, 0) is 65.3 Å². The van der Waals surface area contributed by atoms with E-state index in [4.69, 9.17) is 33.1 Å². The fourth-order valence-electron chi connectivity index (χ4n) is 11.9. The van der Waals surface area contributed by atoms with E-state index in [1.54, 1.807) is 70.2 Å². The number of amides is 2. The molecular formula is C66H80N5O20P. The molecule has 0 spiro atoms. The number of aliphatic hydroxyl groups is 2. The van der Waals surface area contributed by atoms with Crippen LogP contribution in [0.4, 0.5) is 11.4 Å². The number of aliphatic hydroxyl groups excluding tert-OH is 2. The molecule has 92 heavy (non-hydrogen) atoms. The maximum atomic E-state index is 15.2. The number of carbonyl (C=O) groups excluding carboxylic acids is 6. The number of fused-ring (bicyclic) bond motifs is 14. The molecule has 4 aliphatic heterocycles. The summed E-state index contributed by atoms with van der Waals surface area (Å²) < 4.78 is 48.2. The highest BCUT2D eigenvalue weighted by Crippen LogP contribution is 2.43. The van der Waals surface area contributed by atoms with E-state index in [2.05, 4.69) is 29.0 Å². The van der Waals surface area contributed by atoms with Gasteiger partial charge in [0.1, 0.15) is 41.5 Å². The molecule has 26 heteroatoms. The molecule has 0 saturated carbocycles. The van der Waals surface area contributed by atoms with Crippen LogP contribution in [0, 0.1) is 42.4 Å². The zero-order chi connectivity index (χ0) is 67.4.